The summed E-state index contributed by atoms with van der Waals surface area (Å²) in [7, 11) is 0. The van der Waals surface area contributed by atoms with Gasteiger partial charge in [0.25, 0.3) is 0 Å². The molecule has 1 aliphatic rings. The van der Waals surface area contributed by atoms with Gasteiger partial charge in [-0.3, -0.25) is 0 Å². The summed E-state index contributed by atoms with van der Waals surface area (Å²) < 4.78 is 14.0. The molecule has 1 aliphatic carbocycles. The highest BCUT2D eigenvalue weighted by Gasteiger charge is 2.30. The molecule has 0 bridgehead atoms. The summed E-state index contributed by atoms with van der Waals surface area (Å²) in [5.41, 5.74) is 1.93. The van der Waals surface area contributed by atoms with Crippen LogP contribution in [-0.2, 0) is 0 Å². The molecule has 2 unspecified atom stereocenters. The Labute approximate surface area is 116 Å². The second-order valence-corrected chi connectivity index (χ2v) is 5.61. The van der Waals surface area contributed by atoms with Crippen molar-refractivity contribution in [1.29, 1.82) is 0 Å². The van der Waals surface area contributed by atoms with Gasteiger partial charge in [0.2, 0.25) is 0 Å². The first-order valence-corrected chi connectivity index (χ1v) is 6.86. The van der Waals surface area contributed by atoms with Gasteiger partial charge in [0.05, 0.1) is 5.56 Å². The number of rotatable bonds is 1. The van der Waals surface area contributed by atoms with Crippen molar-refractivity contribution in [3.63, 3.8) is 0 Å². The fourth-order valence-corrected chi connectivity index (χ4v) is 3.17. The highest BCUT2D eigenvalue weighted by molar-refractivity contribution is 6.04. The van der Waals surface area contributed by atoms with E-state index in [1.54, 1.807) is 6.07 Å². The molecular weight excluding hydrogens is 257 g/mol. The van der Waals surface area contributed by atoms with E-state index in [4.69, 9.17) is 0 Å². The van der Waals surface area contributed by atoms with Crippen LogP contribution in [0, 0.1) is 5.82 Å². The Morgan fingerprint density at radius 3 is 2.70 bits per heavy atom. The number of carbonyl (C=O) groups is 1. The summed E-state index contributed by atoms with van der Waals surface area (Å²) in [6, 6.07) is 4.50. The van der Waals surface area contributed by atoms with Crippen molar-refractivity contribution in [1.82, 2.24) is 4.98 Å². The van der Waals surface area contributed by atoms with Crippen LogP contribution in [0.25, 0.3) is 10.9 Å². The predicted octanol–water partition coefficient (Wildman–Crippen LogP) is 4.07. The zero-order chi connectivity index (χ0) is 14.4. The number of benzene rings is 1. The summed E-state index contributed by atoms with van der Waals surface area (Å²) in [4.78, 5) is 16.2. The number of aromatic carboxylic acids is 1. The van der Waals surface area contributed by atoms with E-state index in [1.165, 1.54) is 12.1 Å². The van der Waals surface area contributed by atoms with Gasteiger partial charge in [0.1, 0.15) is 11.3 Å². The fourth-order valence-electron chi connectivity index (χ4n) is 3.17. The minimum atomic E-state index is -1.000. The van der Waals surface area contributed by atoms with Gasteiger partial charge in [0.15, 0.2) is 0 Å². The Kier molecular flexibility index (Phi) is 2.96. The molecule has 104 valence electrons. The summed E-state index contributed by atoms with van der Waals surface area (Å²) in [6.45, 7) is 4.04. The average molecular weight is 273 g/mol. The number of hydrogen-bond acceptors (Lipinski definition) is 2. The second-order valence-electron chi connectivity index (χ2n) is 5.61. The van der Waals surface area contributed by atoms with Gasteiger partial charge in [-0.25, -0.2) is 14.2 Å². The van der Waals surface area contributed by atoms with Crippen LogP contribution in [-0.4, -0.2) is 16.1 Å². The molecule has 1 heterocycles. The minimum Gasteiger partial charge on any atom is -0.478 e. The maximum Gasteiger partial charge on any atom is 0.336 e. The molecule has 1 N–H and O–H groups in total. The Balaban J connectivity index is 2.48. The van der Waals surface area contributed by atoms with E-state index in [0.29, 0.717) is 5.39 Å². The van der Waals surface area contributed by atoms with Crippen LogP contribution in [0.15, 0.2) is 18.2 Å². The van der Waals surface area contributed by atoms with E-state index >= 15 is 0 Å². The van der Waals surface area contributed by atoms with E-state index in [-0.39, 0.29) is 22.9 Å². The third-order valence-electron chi connectivity index (χ3n) is 4.24. The molecule has 2 aromatic rings. The standard InChI is InChI=1S/C16H16FNO2/c1-8-6-7-9(2)14-12(8)13(16(19)20)10-4-3-5-11(17)15(10)18-14/h3-5,8-9H,6-7H2,1-2H3,(H,19,20). The van der Waals surface area contributed by atoms with Crippen LogP contribution in [0.1, 0.15) is 60.1 Å². The van der Waals surface area contributed by atoms with Crippen molar-refractivity contribution in [3.8, 4) is 0 Å². The van der Waals surface area contributed by atoms with Gasteiger partial charge < -0.3 is 5.11 Å². The Bertz CT molecular complexity index is 711. The van der Waals surface area contributed by atoms with Crippen LogP contribution in [0.5, 0.6) is 0 Å². The molecule has 20 heavy (non-hydrogen) atoms. The van der Waals surface area contributed by atoms with Crippen molar-refractivity contribution in [2.45, 2.75) is 38.5 Å². The smallest absolute Gasteiger partial charge is 0.336 e. The number of pyridine rings is 1. The van der Waals surface area contributed by atoms with Crippen molar-refractivity contribution < 1.29 is 14.3 Å². The quantitative estimate of drug-likeness (QED) is 0.852. The lowest BCUT2D eigenvalue weighted by Gasteiger charge is -2.28. The fraction of sp³-hybridized carbons (Fsp3) is 0.375. The first-order valence-electron chi connectivity index (χ1n) is 6.86. The molecule has 1 aromatic carbocycles. The minimum absolute atomic E-state index is 0.146. The van der Waals surface area contributed by atoms with Crippen LogP contribution in [0.2, 0.25) is 0 Å². The molecule has 0 saturated heterocycles. The summed E-state index contributed by atoms with van der Waals surface area (Å²) in [5, 5.41) is 9.98. The molecule has 0 saturated carbocycles. The number of aromatic nitrogens is 1. The van der Waals surface area contributed by atoms with Crippen LogP contribution < -0.4 is 0 Å². The van der Waals surface area contributed by atoms with Crippen molar-refractivity contribution in [3.05, 3.63) is 40.8 Å². The number of para-hydroxylation sites is 1. The highest BCUT2D eigenvalue weighted by atomic mass is 19.1. The maximum absolute atomic E-state index is 14.0. The van der Waals surface area contributed by atoms with Gasteiger partial charge in [-0.2, -0.15) is 0 Å². The molecule has 3 nitrogen and oxygen atoms in total. The number of nitrogens with zero attached hydrogens (tertiary/aromatic N) is 1. The molecule has 1 aromatic heterocycles. The third-order valence-corrected chi connectivity index (χ3v) is 4.24. The molecular formula is C16H16FNO2. The van der Waals surface area contributed by atoms with Crippen molar-refractivity contribution in [2.75, 3.05) is 0 Å². The number of halogens is 1. The Hall–Kier alpha value is -1.97. The molecule has 4 heteroatoms. The van der Waals surface area contributed by atoms with Gasteiger partial charge in [-0.15, -0.1) is 0 Å². The van der Waals surface area contributed by atoms with Crippen LogP contribution >= 0.6 is 0 Å². The third kappa shape index (κ3) is 1.79. The molecule has 0 amide bonds. The zero-order valence-corrected chi connectivity index (χ0v) is 11.5. The zero-order valence-electron chi connectivity index (χ0n) is 11.5. The van der Waals surface area contributed by atoms with Crippen molar-refractivity contribution in [2.24, 2.45) is 0 Å². The van der Waals surface area contributed by atoms with E-state index in [2.05, 4.69) is 4.98 Å². The maximum atomic E-state index is 14.0. The molecule has 0 spiro atoms. The normalized spacial score (nSPS) is 21.8. The van der Waals surface area contributed by atoms with Gasteiger partial charge in [-0.05, 0) is 36.3 Å². The Morgan fingerprint density at radius 1 is 1.30 bits per heavy atom. The number of fused-ring (bicyclic) bond motifs is 2. The topological polar surface area (TPSA) is 50.2 Å². The van der Waals surface area contributed by atoms with E-state index < -0.39 is 11.8 Å². The number of carboxylic acid groups (broad SMARTS) is 1. The Morgan fingerprint density at radius 2 is 2.00 bits per heavy atom. The number of hydrogen-bond donors (Lipinski definition) is 1. The van der Waals surface area contributed by atoms with Crippen LogP contribution in [0.4, 0.5) is 4.39 Å². The van der Waals surface area contributed by atoms with E-state index in [1.807, 2.05) is 13.8 Å². The first kappa shape index (κ1) is 13.0. The van der Waals surface area contributed by atoms with Crippen molar-refractivity contribution >= 4 is 16.9 Å². The van der Waals surface area contributed by atoms with Crippen LogP contribution in [0.3, 0.4) is 0 Å². The van der Waals surface area contributed by atoms with Gasteiger partial charge >= 0.3 is 5.97 Å². The predicted molar refractivity (Wildman–Crippen MR) is 74.7 cm³/mol. The van der Waals surface area contributed by atoms with Gasteiger partial charge in [0, 0.05) is 11.1 Å². The lowest BCUT2D eigenvalue weighted by Crippen LogP contribution is -2.18. The molecule has 0 fully saturated rings. The lowest BCUT2D eigenvalue weighted by molar-refractivity contribution is 0.0696. The molecule has 0 radical (unpaired) electrons. The van der Waals surface area contributed by atoms with Gasteiger partial charge in [-0.1, -0.05) is 26.0 Å². The monoisotopic (exact) mass is 273 g/mol. The first-order chi connectivity index (χ1) is 9.50. The second kappa shape index (κ2) is 4.54. The average Bonchev–Trinajstić information content (AvgIpc) is 2.41. The van der Waals surface area contributed by atoms with E-state index in [9.17, 15) is 14.3 Å². The molecule has 2 atom stereocenters. The SMILES string of the molecule is CC1CCC(C)c2c1nc1c(F)cccc1c2C(=O)O. The largest absolute Gasteiger partial charge is 0.478 e. The summed E-state index contributed by atoms with van der Waals surface area (Å²) >= 11 is 0. The molecule has 0 aliphatic heterocycles. The number of carboxylic acids is 1. The molecule has 3 rings (SSSR count). The highest BCUT2D eigenvalue weighted by Crippen LogP contribution is 2.41. The summed E-state index contributed by atoms with van der Waals surface area (Å²) in [6.07, 6.45) is 1.90. The summed E-state index contributed by atoms with van der Waals surface area (Å²) in [5.74, 6) is -1.14. The van der Waals surface area contributed by atoms with E-state index in [0.717, 1.165) is 24.1 Å². The lowest BCUT2D eigenvalue weighted by atomic mass is 9.78.